The van der Waals surface area contributed by atoms with Gasteiger partial charge in [0.05, 0.1) is 6.54 Å². The number of benzene rings is 2. The topological polar surface area (TPSA) is 87.3 Å². The Balaban J connectivity index is 1.79. The molecule has 0 fully saturated rings. The lowest BCUT2D eigenvalue weighted by Gasteiger charge is -2.06. The number of carbonyl (C=O) groups is 3. The molecule has 3 N–H and O–H groups in total. The smallest absolute Gasteiger partial charge is 0.251 e. The maximum atomic E-state index is 11.8. The number of carbonyl (C=O) groups excluding carboxylic acids is 3. The molecule has 2 aromatic rings. The maximum absolute atomic E-state index is 11.8. The predicted molar refractivity (Wildman–Crippen MR) is 96.9 cm³/mol. The molecule has 0 aromatic heterocycles. The van der Waals surface area contributed by atoms with Gasteiger partial charge in [-0.05, 0) is 35.9 Å². The fraction of sp³-hybridized carbons (Fsp3) is 0.105. The van der Waals surface area contributed by atoms with Crippen LogP contribution < -0.4 is 16.0 Å². The van der Waals surface area contributed by atoms with Crippen molar-refractivity contribution < 1.29 is 14.4 Å². The number of rotatable bonds is 6. The Morgan fingerprint density at radius 3 is 2.28 bits per heavy atom. The lowest BCUT2D eigenvalue weighted by Crippen LogP contribution is -2.31. The van der Waals surface area contributed by atoms with Crippen LogP contribution in [0.3, 0.4) is 0 Å². The van der Waals surface area contributed by atoms with Crippen LogP contribution in [0, 0.1) is 0 Å². The Bertz CT molecular complexity index is 768. The highest BCUT2D eigenvalue weighted by Crippen LogP contribution is 2.09. The van der Waals surface area contributed by atoms with Crippen molar-refractivity contribution in [2.45, 2.75) is 0 Å². The van der Waals surface area contributed by atoms with E-state index < -0.39 is 0 Å². The first kappa shape index (κ1) is 17.9. The lowest BCUT2D eigenvalue weighted by molar-refractivity contribution is -0.121. The van der Waals surface area contributed by atoms with Gasteiger partial charge >= 0.3 is 0 Å². The van der Waals surface area contributed by atoms with Crippen molar-refractivity contribution in [3.8, 4) is 0 Å². The Morgan fingerprint density at radius 1 is 0.960 bits per heavy atom. The fourth-order valence-electron chi connectivity index (χ4n) is 2.02. The third-order valence-corrected chi connectivity index (χ3v) is 3.31. The molecule has 128 valence electrons. The van der Waals surface area contributed by atoms with Crippen molar-refractivity contribution in [1.29, 1.82) is 0 Å². The summed E-state index contributed by atoms with van der Waals surface area (Å²) in [5, 5.41) is 7.67. The minimum atomic E-state index is -0.353. The van der Waals surface area contributed by atoms with Gasteiger partial charge in [-0.15, -0.1) is 0 Å². The molecule has 3 amide bonds. The summed E-state index contributed by atoms with van der Waals surface area (Å²) < 4.78 is 0. The minimum absolute atomic E-state index is 0.144. The minimum Gasteiger partial charge on any atom is -0.355 e. The summed E-state index contributed by atoms with van der Waals surface area (Å²) in [4.78, 5) is 35.0. The summed E-state index contributed by atoms with van der Waals surface area (Å²) in [5.74, 6) is -0.904. The first-order valence-electron chi connectivity index (χ1n) is 7.71. The van der Waals surface area contributed by atoms with Crippen LogP contribution in [0.2, 0.25) is 0 Å². The molecule has 0 aliphatic carbocycles. The average Bonchev–Trinajstić information content (AvgIpc) is 2.65. The monoisotopic (exact) mass is 337 g/mol. The van der Waals surface area contributed by atoms with Crippen LogP contribution in [0.5, 0.6) is 0 Å². The van der Waals surface area contributed by atoms with E-state index in [1.807, 2.05) is 30.3 Å². The molecular weight excluding hydrogens is 318 g/mol. The van der Waals surface area contributed by atoms with Crippen molar-refractivity contribution >= 4 is 29.5 Å². The Kier molecular flexibility index (Phi) is 6.47. The molecule has 6 nitrogen and oxygen atoms in total. The van der Waals surface area contributed by atoms with Gasteiger partial charge in [-0.25, -0.2) is 0 Å². The van der Waals surface area contributed by atoms with Gasteiger partial charge in [0.15, 0.2) is 0 Å². The van der Waals surface area contributed by atoms with Gasteiger partial charge in [-0.3, -0.25) is 14.4 Å². The summed E-state index contributed by atoms with van der Waals surface area (Å²) in [6.07, 6.45) is 3.05. The molecule has 2 rings (SSSR count). The average molecular weight is 337 g/mol. The van der Waals surface area contributed by atoms with Crippen LogP contribution in [0.25, 0.3) is 6.08 Å². The van der Waals surface area contributed by atoms with E-state index in [1.54, 1.807) is 37.4 Å². The molecule has 0 heterocycles. The van der Waals surface area contributed by atoms with Crippen molar-refractivity contribution in [3.05, 3.63) is 71.8 Å². The van der Waals surface area contributed by atoms with E-state index in [0.29, 0.717) is 11.3 Å². The maximum Gasteiger partial charge on any atom is 0.251 e. The highest BCUT2D eigenvalue weighted by molar-refractivity contribution is 5.98. The van der Waals surface area contributed by atoms with Crippen LogP contribution >= 0.6 is 0 Å². The van der Waals surface area contributed by atoms with Gasteiger partial charge in [0.25, 0.3) is 5.91 Å². The second-order valence-electron chi connectivity index (χ2n) is 5.17. The second kappa shape index (κ2) is 9.02. The van der Waals surface area contributed by atoms with Gasteiger partial charge in [0, 0.05) is 24.4 Å². The zero-order valence-electron chi connectivity index (χ0n) is 13.8. The molecule has 0 aliphatic rings. The first-order valence-corrected chi connectivity index (χ1v) is 7.71. The molecule has 2 aromatic carbocycles. The zero-order chi connectivity index (χ0) is 18.1. The SMILES string of the molecule is CNC(=O)c1ccc(NC(=O)CNC(=O)/C=C/c2ccccc2)cc1. The molecule has 0 bridgehead atoms. The third kappa shape index (κ3) is 5.95. The normalized spacial score (nSPS) is 10.3. The largest absolute Gasteiger partial charge is 0.355 e. The lowest BCUT2D eigenvalue weighted by atomic mass is 10.2. The summed E-state index contributed by atoms with van der Waals surface area (Å²) in [7, 11) is 1.55. The molecule has 0 radical (unpaired) electrons. The van der Waals surface area contributed by atoms with Gasteiger partial charge in [-0.2, -0.15) is 0 Å². The quantitative estimate of drug-likeness (QED) is 0.703. The van der Waals surface area contributed by atoms with Crippen LogP contribution in [0.1, 0.15) is 15.9 Å². The fourth-order valence-corrected chi connectivity index (χ4v) is 2.02. The van der Waals surface area contributed by atoms with Crippen molar-refractivity contribution in [2.75, 3.05) is 18.9 Å². The molecule has 0 saturated carbocycles. The number of hydrogen-bond donors (Lipinski definition) is 3. The number of hydrogen-bond acceptors (Lipinski definition) is 3. The van der Waals surface area contributed by atoms with Crippen LogP contribution in [0.4, 0.5) is 5.69 Å². The molecule has 0 spiro atoms. The van der Waals surface area contributed by atoms with E-state index in [4.69, 9.17) is 0 Å². The summed E-state index contributed by atoms with van der Waals surface area (Å²) >= 11 is 0. The van der Waals surface area contributed by atoms with Crippen molar-refractivity contribution in [2.24, 2.45) is 0 Å². The van der Waals surface area contributed by atoms with E-state index >= 15 is 0 Å². The van der Waals surface area contributed by atoms with E-state index in [-0.39, 0.29) is 24.3 Å². The summed E-state index contributed by atoms with van der Waals surface area (Å²) in [5.41, 5.74) is 1.95. The predicted octanol–water partition coefficient (Wildman–Crippen LogP) is 1.81. The molecule has 25 heavy (non-hydrogen) atoms. The highest BCUT2D eigenvalue weighted by atomic mass is 16.2. The number of amides is 3. The molecule has 0 unspecified atom stereocenters. The van der Waals surface area contributed by atoms with E-state index in [1.165, 1.54) is 6.08 Å². The van der Waals surface area contributed by atoms with Gasteiger partial charge < -0.3 is 16.0 Å². The molecule has 6 heteroatoms. The van der Waals surface area contributed by atoms with E-state index in [2.05, 4.69) is 16.0 Å². The molecule has 0 saturated heterocycles. The molecule has 0 aliphatic heterocycles. The molecule has 0 atom stereocenters. The van der Waals surface area contributed by atoms with Gasteiger partial charge in [0.2, 0.25) is 11.8 Å². The van der Waals surface area contributed by atoms with Crippen molar-refractivity contribution in [1.82, 2.24) is 10.6 Å². The third-order valence-electron chi connectivity index (χ3n) is 3.31. The zero-order valence-corrected chi connectivity index (χ0v) is 13.8. The number of anilines is 1. The summed E-state index contributed by atoms with van der Waals surface area (Å²) in [6.45, 7) is -0.144. The van der Waals surface area contributed by atoms with Gasteiger partial charge in [-0.1, -0.05) is 30.3 Å². The van der Waals surface area contributed by atoms with Crippen molar-refractivity contribution in [3.63, 3.8) is 0 Å². The standard InChI is InChI=1S/C19H19N3O3/c1-20-19(25)15-8-10-16(11-9-15)22-18(24)13-21-17(23)12-7-14-5-3-2-4-6-14/h2-12H,13H2,1H3,(H,20,25)(H,21,23)(H,22,24)/b12-7+. The Hall–Kier alpha value is -3.41. The van der Waals surface area contributed by atoms with Crippen LogP contribution in [-0.4, -0.2) is 31.3 Å². The van der Waals surface area contributed by atoms with Gasteiger partial charge in [0.1, 0.15) is 0 Å². The molecular formula is C19H19N3O3. The second-order valence-corrected chi connectivity index (χ2v) is 5.17. The van der Waals surface area contributed by atoms with Crippen LogP contribution in [0.15, 0.2) is 60.7 Å². The Labute approximate surface area is 145 Å². The van der Waals surface area contributed by atoms with E-state index in [9.17, 15) is 14.4 Å². The highest BCUT2D eigenvalue weighted by Gasteiger charge is 2.06. The first-order chi connectivity index (χ1) is 12.1. The Morgan fingerprint density at radius 2 is 1.64 bits per heavy atom. The number of nitrogens with one attached hydrogen (secondary N) is 3. The summed E-state index contributed by atoms with van der Waals surface area (Å²) in [6, 6.07) is 15.9. The van der Waals surface area contributed by atoms with Crippen LogP contribution in [-0.2, 0) is 9.59 Å². The van der Waals surface area contributed by atoms with E-state index in [0.717, 1.165) is 5.56 Å².